The van der Waals surface area contributed by atoms with Gasteiger partial charge in [0.25, 0.3) is 5.91 Å². The first kappa shape index (κ1) is 27.6. The summed E-state index contributed by atoms with van der Waals surface area (Å²) in [6.45, 7) is 12.4. The van der Waals surface area contributed by atoms with Crippen LogP contribution in [0.1, 0.15) is 43.6 Å². The Morgan fingerprint density at radius 3 is 2.11 bits per heavy atom. The van der Waals surface area contributed by atoms with Crippen LogP contribution >= 0.6 is 0 Å². The van der Waals surface area contributed by atoms with Crippen molar-refractivity contribution in [3.05, 3.63) is 78.4 Å². The van der Waals surface area contributed by atoms with Crippen molar-refractivity contribution in [3.63, 3.8) is 0 Å². The first-order valence-corrected chi connectivity index (χ1v) is 13.5. The average Bonchev–Trinajstić information content (AvgIpc) is 2.84. The first-order chi connectivity index (χ1) is 16.8. The van der Waals surface area contributed by atoms with Crippen LogP contribution in [0, 0.1) is 10.8 Å². The first-order valence-electron chi connectivity index (χ1n) is 12.1. The van der Waals surface area contributed by atoms with E-state index in [2.05, 4.69) is 11.9 Å². The van der Waals surface area contributed by atoms with Crippen molar-refractivity contribution in [1.29, 1.82) is 0 Å². The molecule has 2 aromatic rings. The molecule has 1 fully saturated rings. The highest BCUT2D eigenvalue weighted by atomic mass is 32.2. The third kappa shape index (κ3) is 6.05. The third-order valence-corrected chi connectivity index (χ3v) is 8.67. The second-order valence-electron chi connectivity index (χ2n) is 10.9. The number of rotatable bonds is 8. The number of nitrogens with one attached hydrogen (secondary N) is 1. The van der Waals surface area contributed by atoms with Gasteiger partial charge in [-0.3, -0.25) is 9.59 Å². The molecule has 0 unspecified atom stereocenters. The maximum Gasteiger partial charge on any atom is 0.253 e. The maximum absolute atomic E-state index is 13.5. The minimum atomic E-state index is -3.79. The molecule has 0 atom stereocenters. The number of carbonyl (C=O) groups excluding carboxylic acids is 2. The van der Waals surface area contributed by atoms with E-state index in [1.807, 2.05) is 58.0 Å². The van der Waals surface area contributed by atoms with Crippen LogP contribution in [0.3, 0.4) is 0 Å². The largest absolute Gasteiger partial charge is 0.349 e. The number of piperidine rings is 1. The minimum absolute atomic E-state index is 0.145. The van der Waals surface area contributed by atoms with E-state index in [-0.39, 0.29) is 35.8 Å². The van der Waals surface area contributed by atoms with Crippen LogP contribution in [-0.2, 0) is 21.2 Å². The monoisotopic (exact) mass is 511 g/mol. The van der Waals surface area contributed by atoms with Gasteiger partial charge in [0.05, 0.1) is 4.90 Å². The van der Waals surface area contributed by atoms with Crippen molar-refractivity contribution in [1.82, 2.24) is 14.5 Å². The van der Waals surface area contributed by atoms with Crippen molar-refractivity contribution in [3.8, 4) is 0 Å². The molecule has 194 valence electrons. The SMILES string of the molecule is C=CC(=O)NC1C(C)(C)CN(S(=O)(=O)c2ccc(C(=O)N(C)CCc3ccccc3)cc2)CC1(C)C. The molecule has 1 saturated heterocycles. The van der Waals surface area contributed by atoms with E-state index < -0.39 is 20.9 Å². The number of likely N-dealkylation sites (N-methyl/N-ethyl adjacent to an activating group) is 1. The Morgan fingerprint density at radius 2 is 1.58 bits per heavy atom. The number of hydrogen-bond acceptors (Lipinski definition) is 4. The molecule has 2 aromatic carbocycles. The predicted octanol–water partition coefficient (Wildman–Crippen LogP) is 3.73. The summed E-state index contributed by atoms with van der Waals surface area (Å²) >= 11 is 0. The molecule has 1 heterocycles. The van der Waals surface area contributed by atoms with E-state index in [0.29, 0.717) is 12.1 Å². The Hall–Kier alpha value is -2.97. The van der Waals surface area contributed by atoms with Crippen LogP contribution in [-0.4, -0.2) is 62.2 Å². The minimum Gasteiger partial charge on any atom is -0.349 e. The van der Waals surface area contributed by atoms with Gasteiger partial charge in [0.1, 0.15) is 0 Å². The zero-order chi connectivity index (χ0) is 26.7. The Kier molecular flexibility index (Phi) is 8.10. The fourth-order valence-corrected chi connectivity index (χ4v) is 6.93. The molecule has 0 saturated carbocycles. The van der Waals surface area contributed by atoms with E-state index in [0.717, 1.165) is 12.0 Å². The Balaban J connectivity index is 1.73. The quantitative estimate of drug-likeness (QED) is 0.547. The van der Waals surface area contributed by atoms with Gasteiger partial charge in [-0.2, -0.15) is 4.31 Å². The lowest BCUT2D eigenvalue weighted by Crippen LogP contribution is -2.64. The van der Waals surface area contributed by atoms with E-state index in [9.17, 15) is 18.0 Å². The molecule has 0 aromatic heterocycles. The number of sulfonamides is 1. The molecule has 0 spiro atoms. The lowest BCUT2D eigenvalue weighted by molar-refractivity contribution is -0.120. The highest BCUT2D eigenvalue weighted by Crippen LogP contribution is 2.42. The van der Waals surface area contributed by atoms with Gasteiger partial charge in [0.15, 0.2) is 0 Å². The summed E-state index contributed by atoms with van der Waals surface area (Å²) in [6, 6.07) is 15.9. The van der Waals surface area contributed by atoms with Crippen molar-refractivity contribution in [2.45, 2.75) is 45.1 Å². The predicted molar refractivity (Wildman–Crippen MR) is 142 cm³/mol. The second kappa shape index (κ2) is 10.6. The smallest absolute Gasteiger partial charge is 0.253 e. The van der Waals surface area contributed by atoms with Crippen LogP contribution in [0.4, 0.5) is 0 Å². The van der Waals surface area contributed by atoms with Gasteiger partial charge in [0, 0.05) is 38.3 Å². The van der Waals surface area contributed by atoms with Crippen molar-refractivity contribution in [2.24, 2.45) is 10.8 Å². The standard InChI is InChI=1S/C28H37N3O4S/c1-7-24(32)29-26-27(2,3)19-31(20-28(26,4)5)36(34,35)23-15-13-22(14-16-23)25(33)30(6)18-17-21-11-9-8-10-12-21/h7-16,26H,1,17-20H2,2-6H3,(H,29,32). The van der Waals surface area contributed by atoms with Crippen molar-refractivity contribution in [2.75, 3.05) is 26.7 Å². The summed E-state index contributed by atoms with van der Waals surface area (Å²) in [4.78, 5) is 26.7. The molecule has 0 bridgehead atoms. The lowest BCUT2D eigenvalue weighted by Gasteiger charge is -2.52. The van der Waals surface area contributed by atoms with Crippen LogP contribution < -0.4 is 5.32 Å². The molecule has 7 nitrogen and oxygen atoms in total. The fourth-order valence-electron chi connectivity index (χ4n) is 5.15. The molecular formula is C28H37N3O4S. The highest BCUT2D eigenvalue weighted by Gasteiger charge is 2.50. The van der Waals surface area contributed by atoms with Gasteiger partial charge in [-0.15, -0.1) is 0 Å². The number of amides is 2. The zero-order valence-corrected chi connectivity index (χ0v) is 22.6. The molecule has 1 aliphatic heterocycles. The summed E-state index contributed by atoms with van der Waals surface area (Å²) in [5, 5.41) is 2.99. The van der Waals surface area contributed by atoms with Crippen LogP contribution in [0.15, 0.2) is 72.1 Å². The number of hydrogen-bond donors (Lipinski definition) is 1. The van der Waals surface area contributed by atoms with Gasteiger partial charge in [-0.25, -0.2) is 8.42 Å². The van der Waals surface area contributed by atoms with E-state index >= 15 is 0 Å². The molecule has 0 aliphatic carbocycles. The third-order valence-electron chi connectivity index (χ3n) is 6.87. The van der Waals surface area contributed by atoms with Gasteiger partial charge in [-0.1, -0.05) is 64.6 Å². The summed E-state index contributed by atoms with van der Waals surface area (Å²) in [5.74, 6) is -0.428. The van der Waals surface area contributed by atoms with Crippen molar-refractivity contribution < 1.29 is 18.0 Å². The Bertz CT molecular complexity index is 1190. The van der Waals surface area contributed by atoms with Gasteiger partial charge in [0.2, 0.25) is 15.9 Å². The van der Waals surface area contributed by atoms with Crippen LogP contribution in [0.5, 0.6) is 0 Å². The van der Waals surface area contributed by atoms with E-state index in [1.54, 1.807) is 24.1 Å². The van der Waals surface area contributed by atoms with Gasteiger partial charge in [-0.05, 0) is 53.2 Å². The topological polar surface area (TPSA) is 86.8 Å². The second-order valence-corrected chi connectivity index (χ2v) is 12.8. The van der Waals surface area contributed by atoms with E-state index in [1.165, 1.54) is 22.5 Å². The molecule has 0 radical (unpaired) electrons. The average molecular weight is 512 g/mol. The molecule has 36 heavy (non-hydrogen) atoms. The number of nitrogens with zero attached hydrogens (tertiary/aromatic N) is 2. The lowest BCUT2D eigenvalue weighted by atomic mass is 9.67. The maximum atomic E-state index is 13.5. The molecule has 1 aliphatic rings. The summed E-state index contributed by atoms with van der Waals surface area (Å²) in [6.07, 6.45) is 1.97. The molecule has 2 amide bonds. The van der Waals surface area contributed by atoms with Gasteiger partial charge < -0.3 is 10.2 Å². The van der Waals surface area contributed by atoms with Gasteiger partial charge >= 0.3 is 0 Å². The fraction of sp³-hybridized carbons (Fsp3) is 0.429. The highest BCUT2D eigenvalue weighted by molar-refractivity contribution is 7.89. The summed E-state index contributed by atoms with van der Waals surface area (Å²) in [5.41, 5.74) is 0.573. The number of benzene rings is 2. The van der Waals surface area contributed by atoms with Crippen LogP contribution in [0.25, 0.3) is 0 Å². The zero-order valence-electron chi connectivity index (χ0n) is 21.8. The molecule has 1 N–H and O–H groups in total. The van der Waals surface area contributed by atoms with E-state index in [4.69, 9.17) is 0 Å². The summed E-state index contributed by atoms with van der Waals surface area (Å²) < 4.78 is 28.6. The van der Waals surface area contributed by atoms with Crippen molar-refractivity contribution >= 4 is 21.8 Å². The summed E-state index contributed by atoms with van der Waals surface area (Å²) in [7, 11) is -2.05. The molecular weight excluding hydrogens is 474 g/mol. The Labute approximate surface area is 215 Å². The molecule has 3 rings (SSSR count). The normalized spacial score (nSPS) is 17.8. The number of carbonyl (C=O) groups is 2. The Morgan fingerprint density at radius 1 is 1.03 bits per heavy atom. The molecule has 8 heteroatoms. The van der Waals surface area contributed by atoms with Crippen LogP contribution in [0.2, 0.25) is 0 Å².